The van der Waals surface area contributed by atoms with Crippen molar-refractivity contribution >= 4 is 21.6 Å². The first kappa shape index (κ1) is 16.8. The normalized spacial score (nSPS) is 11.3. The number of pyridine rings is 1. The number of urea groups is 1. The molecule has 0 fully saturated rings. The summed E-state index contributed by atoms with van der Waals surface area (Å²) in [6.07, 6.45) is 3.15. The Morgan fingerprint density at radius 1 is 1.17 bits per heavy atom. The highest BCUT2D eigenvalue weighted by Crippen LogP contribution is 2.21. The molecule has 9 heteroatoms. The second-order valence-electron chi connectivity index (χ2n) is 4.50. The molecule has 0 saturated heterocycles. The lowest BCUT2D eigenvalue weighted by Gasteiger charge is -2.09. The van der Waals surface area contributed by atoms with E-state index < -0.39 is 26.5 Å². The summed E-state index contributed by atoms with van der Waals surface area (Å²) in [7, 11) is -4.70. The van der Waals surface area contributed by atoms with E-state index in [1.807, 2.05) is 0 Å². The van der Waals surface area contributed by atoms with E-state index in [9.17, 15) is 22.0 Å². The quantitative estimate of drug-likeness (QED) is 0.874. The number of hydrogen-bond donors (Lipinski definition) is 2. The Labute approximate surface area is 131 Å². The molecule has 1 aromatic heterocycles. The van der Waals surface area contributed by atoms with Gasteiger partial charge in [-0.25, -0.2) is 13.2 Å². The van der Waals surface area contributed by atoms with Gasteiger partial charge < -0.3 is 10.6 Å². The molecule has 0 spiro atoms. The summed E-state index contributed by atoms with van der Waals surface area (Å²) < 4.78 is 47.8. The number of halogens is 2. The van der Waals surface area contributed by atoms with Crippen molar-refractivity contribution in [2.75, 3.05) is 5.32 Å². The fraction of sp³-hybridized carbons (Fsp3) is 0.143. The molecule has 0 aliphatic heterocycles. The van der Waals surface area contributed by atoms with Gasteiger partial charge in [-0.3, -0.25) is 4.98 Å². The zero-order chi connectivity index (χ0) is 16.9. The fourth-order valence-electron chi connectivity index (χ4n) is 1.71. The van der Waals surface area contributed by atoms with Crippen LogP contribution in [0.5, 0.6) is 0 Å². The largest absolute Gasteiger partial charge is 0.341 e. The average molecular weight is 341 g/mol. The number of aromatic nitrogens is 1. The van der Waals surface area contributed by atoms with Crippen molar-refractivity contribution in [3.05, 3.63) is 54.4 Å². The number of rotatable bonds is 5. The van der Waals surface area contributed by atoms with Crippen molar-refractivity contribution in [1.29, 1.82) is 0 Å². The Kier molecular flexibility index (Phi) is 5.22. The highest BCUT2D eigenvalue weighted by molar-refractivity contribution is 7.91. The lowest BCUT2D eigenvalue weighted by Crippen LogP contribution is -2.28. The van der Waals surface area contributed by atoms with Crippen LogP contribution in [-0.2, 0) is 16.4 Å². The Balaban J connectivity index is 2.02. The molecular weight excluding hydrogens is 328 g/mol. The van der Waals surface area contributed by atoms with E-state index in [1.165, 1.54) is 12.1 Å². The first-order chi connectivity index (χ1) is 10.9. The summed E-state index contributed by atoms with van der Waals surface area (Å²) in [5.74, 6) is -3.52. The van der Waals surface area contributed by atoms with Gasteiger partial charge >= 0.3 is 11.8 Å². The molecule has 0 bridgehead atoms. The molecule has 0 radical (unpaired) electrons. The van der Waals surface area contributed by atoms with E-state index in [0.717, 1.165) is 17.7 Å². The summed E-state index contributed by atoms with van der Waals surface area (Å²) in [5.41, 5.74) is 0.920. The van der Waals surface area contributed by atoms with Crippen LogP contribution in [0.4, 0.5) is 19.3 Å². The van der Waals surface area contributed by atoms with Crippen LogP contribution in [0, 0.1) is 0 Å². The van der Waals surface area contributed by atoms with Crippen molar-refractivity contribution in [3.63, 3.8) is 0 Å². The molecule has 0 unspecified atom stereocenters. The van der Waals surface area contributed by atoms with Gasteiger partial charge in [-0.05, 0) is 35.9 Å². The Bertz CT molecular complexity index is 783. The molecule has 2 amide bonds. The summed E-state index contributed by atoms with van der Waals surface area (Å²) >= 11 is 0. The molecule has 122 valence electrons. The Hall–Kier alpha value is -2.55. The number of hydrogen-bond acceptors (Lipinski definition) is 4. The van der Waals surface area contributed by atoms with Crippen LogP contribution in [-0.4, -0.2) is 25.2 Å². The topological polar surface area (TPSA) is 88.2 Å². The summed E-state index contributed by atoms with van der Waals surface area (Å²) in [6.45, 7) is 0.239. The molecule has 0 aliphatic carbocycles. The van der Waals surface area contributed by atoms with Crippen LogP contribution in [0.15, 0.2) is 53.7 Å². The van der Waals surface area contributed by atoms with Gasteiger partial charge in [0.05, 0.1) is 4.90 Å². The standard InChI is InChI=1S/C14H13F2N3O3S/c15-13(16)23(21,22)12-3-1-2-11(8-12)19-14(20)18-9-10-4-6-17-7-5-10/h1-8,13H,9H2,(H2,18,19,20). The fourth-order valence-corrected chi connectivity index (χ4v) is 2.48. The first-order valence-electron chi connectivity index (χ1n) is 6.45. The van der Waals surface area contributed by atoms with Crippen molar-refractivity contribution in [2.45, 2.75) is 17.2 Å². The Morgan fingerprint density at radius 3 is 2.52 bits per heavy atom. The van der Waals surface area contributed by atoms with Crippen molar-refractivity contribution in [3.8, 4) is 0 Å². The maximum absolute atomic E-state index is 12.5. The van der Waals surface area contributed by atoms with Crippen molar-refractivity contribution in [2.24, 2.45) is 0 Å². The summed E-state index contributed by atoms with van der Waals surface area (Å²) in [5, 5.41) is 4.94. The van der Waals surface area contributed by atoms with Crippen molar-refractivity contribution < 1.29 is 22.0 Å². The molecule has 2 N–H and O–H groups in total. The number of nitrogens with one attached hydrogen (secondary N) is 2. The Morgan fingerprint density at radius 2 is 1.87 bits per heavy atom. The van der Waals surface area contributed by atoms with Gasteiger partial charge in [-0.1, -0.05) is 6.07 Å². The molecule has 2 rings (SSSR count). The number of carbonyl (C=O) groups excluding carboxylic acids is 1. The molecule has 1 heterocycles. The van der Waals surface area contributed by atoms with E-state index >= 15 is 0 Å². The smallest absolute Gasteiger partial charge is 0.334 e. The molecule has 1 aromatic carbocycles. The van der Waals surface area contributed by atoms with Gasteiger partial charge in [0.15, 0.2) is 0 Å². The molecular formula is C14H13F2N3O3S. The number of sulfone groups is 1. The SMILES string of the molecule is O=C(NCc1ccncc1)Nc1cccc(S(=O)(=O)C(F)F)c1. The van der Waals surface area contributed by atoms with Crippen molar-refractivity contribution in [1.82, 2.24) is 10.3 Å². The van der Waals surface area contributed by atoms with Gasteiger partial charge in [0.2, 0.25) is 9.84 Å². The molecule has 6 nitrogen and oxygen atoms in total. The molecule has 2 aromatic rings. The second kappa shape index (κ2) is 7.14. The third-order valence-corrected chi connectivity index (χ3v) is 4.24. The highest BCUT2D eigenvalue weighted by Gasteiger charge is 2.26. The van der Waals surface area contributed by atoms with Crippen LogP contribution in [0.1, 0.15) is 5.56 Å². The van der Waals surface area contributed by atoms with E-state index in [2.05, 4.69) is 15.6 Å². The van der Waals surface area contributed by atoms with Crippen LogP contribution in [0.25, 0.3) is 0 Å². The van der Waals surface area contributed by atoms with Gasteiger partial charge in [-0.15, -0.1) is 0 Å². The summed E-state index contributed by atoms with van der Waals surface area (Å²) in [4.78, 5) is 15.0. The third kappa shape index (κ3) is 4.46. The molecule has 23 heavy (non-hydrogen) atoms. The van der Waals surface area contributed by atoms with E-state index in [0.29, 0.717) is 0 Å². The number of alkyl halides is 2. The van der Waals surface area contributed by atoms with Gasteiger partial charge in [-0.2, -0.15) is 8.78 Å². The van der Waals surface area contributed by atoms with Crippen LogP contribution in [0.2, 0.25) is 0 Å². The molecule has 0 aliphatic rings. The molecule has 0 atom stereocenters. The van der Waals surface area contributed by atoms with Gasteiger partial charge in [0.25, 0.3) is 0 Å². The highest BCUT2D eigenvalue weighted by atomic mass is 32.2. The number of amides is 2. The zero-order valence-corrected chi connectivity index (χ0v) is 12.6. The van der Waals surface area contributed by atoms with Crippen LogP contribution < -0.4 is 10.6 Å². The number of nitrogens with zero attached hydrogens (tertiary/aromatic N) is 1. The minimum absolute atomic E-state index is 0.0963. The maximum Gasteiger partial charge on any atom is 0.341 e. The lowest BCUT2D eigenvalue weighted by atomic mass is 10.3. The van der Waals surface area contributed by atoms with Gasteiger partial charge in [0.1, 0.15) is 0 Å². The second-order valence-corrected chi connectivity index (χ2v) is 6.41. The van der Waals surface area contributed by atoms with Crippen LogP contribution >= 0.6 is 0 Å². The number of benzene rings is 1. The maximum atomic E-state index is 12.5. The first-order valence-corrected chi connectivity index (χ1v) is 8.00. The predicted molar refractivity (Wildman–Crippen MR) is 79.7 cm³/mol. The summed E-state index contributed by atoms with van der Waals surface area (Å²) in [6, 6.07) is 7.54. The number of carbonyl (C=O) groups is 1. The monoisotopic (exact) mass is 341 g/mol. The number of anilines is 1. The van der Waals surface area contributed by atoms with E-state index in [4.69, 9.17) is 0 Å². The minimum Gasteiger partial charge on any atom is -0.334 e. The van der Waals surface area contributed by atoms with Gasteiger partial charge in [0, 0.05) is 24.6 Å². The predicted octanol–water partition coefficient (Wildman–Crippen LogP) is 2.40. The third-order valence-electron chi connectivity index (χ3n) is 2.86. The molecule has 0 saturated carbocycles. The zero-order valence-electron chi connectivity index (χ0n) is 11.7. The van der Waals surface area contributed by atoms with E-state index in [-0.39, 0.29) is 12.2 Å². The van der Waals surface area contributed by atoms with Crippen LogP contribution in [0.3, 0.4) is 0 Å². The van der Waals surface area contributed by atoms with E-state index in [1.54, 1.807) is 24.5 Å². The average Bonchev–Trinajstić information content (AvgIpc) is 2.54. The lowest BCUT2D eigenvalue weighted by molar-refractivity contribution is 0.235. The minimum atomic E-state index is -4.70.